The maximum Gasteiger partial charge on any atom is 0.260 e. The van der Waals surface area contributed by atoms with Gasteiger partial charge >= 0.3 is 0 Å². The Morgan fingerprint density at radius 1 is 1.12 bits per heavy atom. The van der Waals surface area contributed by atoms with Gasteiger partial charge in [-0.15, -0.1) is 0 Å². The molecule has 0 radical (unpaired) electrons. The van der Waals surface area contributed by atoms with Crippen molar-refractivity contribution in [3.05, 3.63) is 59.2 Å². The lowest BCUT2D eigenvalue weighted by Crippen LogP contribution is -2.37. The highest BCUT2D eigenvalue weighted by molar-refractivity contribution is 5.80. The second-order valence-electron chi connectivity index (χ2n) is 6.27. The van der Waals surface area contributed by atoms with Crippen molar-refractivity contribution in [3.63, 3.8) is 0 Å². The maximum absolute atomic E-state index is 12.2. The molecule has 0 saturated carbocycles. The highest BCUT2D eigenvalue weighted by Gasteiger charge is 2.15. The Balaban J connectivity index is 1.73. The number of carbonyl (C=O) groups is 1. The Morgan fingerprint density at radius 3 is 2.48 bits per heavy atom. The van der Waals surface area contributed by atoms with Crippen LogP contribution in [0.1, 0.15) is 30.0 Å². The van der Waals surface area contributed by atoms with Crippen molar-refractivity contribution in [2.45, 2.75) is 39.7 Å². The zero-order chi connectivity index (χ0) is 18.2. The van der Waals surface area contributed by atoms with Gasteiger partial charge in [0, 0.05) is 6.54 Å². The number of hydrogen-bond acceptors (Lipinski definition) is 3. The number of rotatable bonds is 8. The fourth-order valence-electron chi connectivity index (χ4n) is 2.62. The van der Waals surface area contributed by atoms with Gasteiger partial charge in [-0.2, -0.15) is 0 Å². The van der Waals surface area contributed by atoms with Crippen LogP contribution >= 0.6 is 0 Å². The molecule has 4 heteroatoms. The van der Waals surface area contributed by atoms with Gasteiger partial charge in [0.1, 0.15) is 11.5 Å². The Morgan fingerprint density at radius 2 is 1.84 bits per heavy atom. The van der Waals surface area contributed by atoms with Crippen LogP contribution in [0.15, 0.2) is 42.5 Å². The molecule has 0 aliphatic heterocycles. The summed E-state index contributed by atoms with van der Waals surface area (Å²) < 4.78 is 10.9. The molecule has 1 amide bonds. The van der Waals surface area contributed by atoms with E-state index in [1.807, 2.05) is 50.2 Å². The first kappa shape index (κ1) is 18.8. The topological polar surface area (TPSA) is 47.6 Å². The molecule has 134 valence electrons. The van der Waals surface area contributed by atoms with Crippen LogP contribution in [0, 0.1) is 13.8 Å². The van der Waals surface area contributed by atoms with Gasteiger partial charge in [0.25, 0.3) is 5.91 Å². The molecule has 0 heterocycles. The molecule has 0 fully saturated rings. The van der Waals surface area contributed by atoms with Gasteiger partial charge in [0.15, 0.2) is 6.10 Å². The second-order valence-corrected chi connectivity index (χ2v) is 6.27. The summed E-state index contributed by atoms with van der Waals surface area (Å²) in [6, 6.07) is 14.0. The zero-order valence-corrected chi connectivity index (χ0v) is 15.5. The predicted octanol–water partition coefficient (Wildman–Crippen LogP) is 3.83. The lowest BCUT2D eigenvalue weighted by Gasteiger charge is -2.16. The summed E-state index contributed by atoms with van der Waals surface area (Å²) >= 11 is 0. The van der Waals surface area contributed by atoms with E-state index in [4.69, 9.17) is 9.47 Å². The number of amides is 1. The van der Waals surface area contributed by atoms with Crippen molar-refractivity contribution in [2.24, 2.45) is 0 Å². The molecule has 25 heavy (non-hydrogen) atoms. The van der Waals surface area contributed by atoms with Gasteiger partial charge in [-0.05, 0) is 62.9 Å². The van der Waals surface area contributed by atoms with Crippen molar-refractivity contribution in [2.75, 3.05) is 13.7 Å². The van der Waals surface area contributed by atoms with E-state index < -0.39 is 6.10 Å². The summed E-state index contributed by atoms with van der Waals surface area (Å²) in [4.78, 5) is 12.2. The Bertz CT molecular complexity index is 695. The molecule has 1 N–H and O–H groups in total. The van der Waals surface area contributed by atoms with Gasteiger partial charge in [-0.1, -0.05) is 29.8 Å². The molecule has 0 aliphatic rings. The number of carbonyl (C=O) groups excluding carboxylic acids is 1. The summed E-state index contributed by atoms with van der Waals surface area (Å²) in [6.45, 7) is 6.43. The minimum absolute atomic E-state index is 0.0882. The molecule has 0 unspecified atom stereocenters. The number of ether oxygens (including phenoxy) is 2. The molecule has 0 aliphatic carbocycles. The average molecular weight is 341 g/mol. The van der Waals surface area contributed by atoms with Crippen molar-refractivity contribution in [3.8, 4) is 11.5 Å². The molecule has 0 spiro atoms. The third kappa shape index (κ3) is 5.82. The summed E-state index contributed by atoms with van der Waals surface area (Å²) in [6.07, 6.45) is 1.28. The van der Waals surface area contributed by atoms with E-state index >= 15 is 0 Å². The summed E-state index contributed by atoms with van der Waals surface area (Å²) in [5, 5.41) is 2.94. The van der Waals surface area contributed by atoms with Gasteiger partial charge in [0.2, 0.25) is 0 Å². The SMILES string of the molecule is COc1ccc(CCCNC(=O)[C@@H](C)Oc2ccc(C)cc2C)cc1. The number of nitrogens with one attached hydrogen (secondary N) is 1. The molecule has 2 rings (SSSR count). The van der Waals surface area contributed by atoms with Crippen molar-refractivity contribution >= 4 is 5.91 Å². The Labute approximate surface area is 150 Å². The quantitative estimate of drug-likeness (QED) is 0.742. The minimum atomic E-state index is -0.512. The van der Waals surface area contributed by atoms with Crippen LogP contribution in [0.2, 0.25) is 0 Å². The first-order valence-electron chi connectivity index (χ1n) is 8.64. The fourth-order valence-corrected chi connectivity index (χ4v) is 2.62. The van der Waals surface area contributed by atoms with Gasteiger partial charge in [-0.3, -0.25) is 4.79 Å². The van der Waals surface area contributed by atoms with Crippen molar-refractivity contribution in [1.82, 2.24) is 5.32 Å². The van der Waals surface area contributed by atoms with Crippen LogP contribution in [0.25, 0.3) is 0 Å². The first-order chi connectivity index (χ1) is 12.0. The van der Waals surface area contributed by atoms with E-state index in [2.05, 4.69) is 11.4 Å². The molecule has 4 nitrogen and oxygen atoms in total. The van der Waals surface area contributed by atoms with E-state index in [9.17, 15) is 4.79 Å². The average Bonchev–Trinajstić information content (AvgIpc) is 2.61. The molecule has 1 atom stereocenters. The number of hydrogen-bond donors (Lipinski definition) is 1. The molecule has 2 aromatic rings. The number of methoxy groups -OCH3 is 1. The predicted molar refractivity (Wildman–Crippen MR) is 100 cm³/mol. The highest BCUT2D eigenvalue weighted by Crippen LogP contribution is 2.20. The van der Waals surface area contributed by atoms with Crippen LogP contribution < -0.4 is 14.8 Å². The minimum Gasteiger partial charge on any atom is -0.497 e. The monoisotopic (exact) mass is 341 g/mol. The number of aryl methyl sites for hydroxylation is 3. The van der Waals surface area contributed by atoms with E-state index in [1.165, 1.54) is 11.1 Å². The Hall–Kier alpha value is -2.49. The van der Waals surface area contributed by atoms with Crippen LogP contribution in [0.5, 0.6) is 11.5 Å². The molecular formula is C21H27NO3. The van der Waals surface area contributed by atoms with Crippen LogP contribution in [0.3, 0.4) is 0 Å². The van der Waals surface area contributed by atoms with E-state index in [-0.39, 0.29) is 5.91 Å². The van der Waals surface area contributed by atoms with Crippen LogP contribution in [-0.4, -0.2) is 25.7 Å². The summed E-state index contributed by atoms with van der Waals surface area (Å²) in [5.74, 6) is 1.52. The zero-order valence-electron chi connectivity index (χ0n) is 15.5. The largest absolute Gasteiger partial charge is 0.497 e. The van der Waals surface area contributed by atoms with E-state index in [1.54, 1.807) is 14.0 Å². The second kappa shape index (κ2) is 9.11. The normalized spacial score (nSPS) is 11.7. The lowest BCUT2D eigenvalue weighted by atomic mass is 10.1. The first-order valence-corrected chi connectivity index (χ1v) is 8.64. The fraction of sp³-hybridized carbons (Fsp3) is 0.381. The molecule has 0 saturated heterocycles. The third-order valence-electron chi connectivity index (χ3n) is 4.10. The molecule has 2 aromatic carbocycles. The third-order valence-corrected chi connectivity index (χ3v) is 4.10. The van der Waals surface area contributed by atoms with Crippen molar-refractivity contribution in [1.29, 1.82) is 0 Å². The lowest BCUT2D eigenvalue weighted by molar-refractivity contribution is -0.127. The van der Waals surface area contributed by atoms with Gasteiger partial charge in [0.05, 0.1) is 7.11 Å². The molecular weight excluding hydrogens is 314 g/mol. The van der Waals surface area contributed by atoms with Crippen LogP contribution in [-0.2, 0) is 11.2 Å². The van der Waals surface area contributed by atoms with Crippen molar-refractivity contribution < 1.29 is 14.3 Å². The van der Waals surface area contributed by atoms with Gasteiger partial charge in [-0.25, -0.2) is 0 Å². The van der Waals surface area contributed by atoms with Crippen LogP contribution in [0.4, 0.5) is 0 Å². The molecule has 0 aromatic heterocycles. The summed E-state index contributed by atoms with van der Waals surface area (Å²) in [5.41, 5.74) is 3.45. The highest BCUT2D eigenvalue weighted by atomic mass is 16.5. The molecule has 0 bridgehead atoms. The van der Waals surface area contributed by atoms with E-state index in [0.717, 1.165) is 29.9 Å². The number of benzene rings is 2. The summed E-state index contributed by atoms with van der Waals surface area (Å²) in [7, 11) is 1.66. The van der Waals surface area contributed by atoms with E-state index in [0.29, 0.717) is 6.54 Å². The maximum atomic E-state index is 12.2. The standard InChI is InChI=1S/C21H27NO3/c1-15-7-12-20(16(2)14-15)25-17(3)21(23)22-13-5-6-18-8-10-19(24-4)11-9-18/h7-12,14,17H,5-6,13H2,1-4H3,(H,22,23)/t17-/m1/s1. The van der Waals surface area contributed by atoms with Gasteiger partial charge < -0.3 is 14.8 Å². The smallest absolute Gasteiger partial charge is 0.260 e. The Kier molecular flexibility index (Phi) is 6.87.